The van der Waals surface area contributed by atoms with Crippen molar-refractivity contribution in [1.29, 1.82) is 0 Å². The van der Waals surface area contributed by atoms with Crippen molar-refractivity contribution < 1.29 is 14.7 Å². The van der Waals surface area contributed by atoms with Crippen LogP contribution in [0.25, 0.3) is 27.0 Å². The Hall–Kier alpha value is -3.65. The standard InChI is InChI=1S/C23H27ClN8O3/c1-23(18-7-6-16(20(24)11-18)10-15-4-2-3-5-15)19(17(12-27-30-25)13-28-31-26)14-32(22(35)29-23)9-8-21(33)34/h6-7,10-11,14,17H,2-5,8-9,12-13H2,1H3,(H,29,35)(H,33,34)/t23-/m0/s1. The lowest BCUT2D eigenvalue weighted by Gasteiger charge is -2.43. The first-order valence-electron chi connectivity index (χ1n) is 11.3. The summed E-state index contributed by atoms with van der Waals surface area (Å²) in [5.74, 6) is -1.58. The van der Waals surface area contributed by atoms with Crippen LogP contribution in [-0.4, -0.2) is 41.6 Å². The number of benzene rings is 1. The maximum atomic E-state index is 12.9. The molecule has 35 heavy (non-hydrogen) atoms. The highest BCUT2D eigenvalue weighted by Gasteiger charge is 2.41. The quantitative estimate of drug-likeness (QED) is 0.225. The number of hydrogen-bond donors (Lipinski definition) is 2. The number of allylic oxidation sites excluding steroid dienone is 1. The maximum absolute atomic E-state index is 12.9. The molecule has 2 aliphatic rings. The average Bonchev–Trinajstić information content (AvgIpc) is 3.33. The predicted octanol–water partition coefficient (Wildman–Crippen LogP) is 6.13. The van der Waals surface area contributed by atoms with E-state index in [0.29, 0.717) is 16.2 Å². The molecule has 1 fully saturated rings. The number of carboxylic acid groups (broad SMARTS) is 1. The molecular weight excluding hydrogens is 472 g/mol. The number of carbonyl (C=O) groups excluding carboxylic acids is 1. The first kappa shape index (κ1) is 26.0. The van der Waals surface area contributed by atoms with Gasteiger partial charge in [0.25, 0.3) is 0 Å². The smallest absolute Gasteiger partial charge is 0.322 e. The molecular formula is C23H27ClN8O3. The van der Waals surface area contributed by atoms with Crippen LogP contribution in [0.5, 0.6) is 0 Å². The van der Waals surface area contributed by atoms with Crippen LogP contribution in [0.1, 0.15) is 50.2 Å². The molecule has 2 N–H and O–H groups in total. The van der Waals surface area contributed by atoms with Gasteiger partial charge in [0.05, 0.1) is 12.0 Å². The Labute approximate surface area is 207 Å². The van der Waals surface area contributed by atoms with Crippen molar-refractivity contribution in [3.05, 3.63) is 72.6 Å². The molecule has 2 amide bonds. The normalized spacial score (nSPS) is 20.3. The SMILES string of the molecule is C[C@@]1(c2ccc(C=C3CCCC3)c(Cl)c2)NC(=O)N(CCC(=O)O)C=C1C(CN=[N+]=[N-])CN=[N+]=[N-]. The molecule has 1 aromatic rings. The topological polar surface area (TPSA) is 167 Å². The molecule has 1 aliphatic heterocycles. The average molecular weight is 499 g/mol. The number of aliphatic carboxylic acids is 1. The van der Waals surface area contributed by atoms with Crippen molar-refractivity contribution in [3.8, 4) is 0 Å². The van der Waals surface area contributed by atoms with Crippen LogP contribution in [0.15, 0.2) is 45.8 Å². The largest absolute Gasteiger partial charge is 0.481 e. The first-order chi connectivity index (χ1) is 16.8. The summed E-state index contributed by atoms with van der Waals surface area (Å²) in [4.78, 5) is 30.9. The number of nitrogens with zero attached hydrogens (tertiary/aromatic N) is 7. The van der Waals surface area contributed by atoms with Crippen LogP contribution in [0.4, 0.5) is 4.79 Å². The highest BCUT2D eigenvalue weighted by Crippen LogP contribution is 2.39. The second kappa shape index (κ2) is 11.7. The summed E-state index contributed by atoms with van der Waals surface area (Å²) in [5.41, 5.74) is 20.2. The Morgan fingerprint density at radius 1 is 1.29 bits per heavy atom. The fourth-order valence-corrected chi connectivity index (χ4v) is 4.76. The molecule has 12 heteroatoms. The van der Waals surface area contributed by atoms with Crippen LogP contribution < -0.4 is 5.32 Å². The molecule has 1 heterocycles. The zero-order valence-electron chi connectivity index (χ0n) is 19.4. The third kappa shape index (κ3) is 6.27. The summed E-state index contributed by atoms with van der Waals surface area (Å²) in [6.45, 7) is 1.71. The van der Waals surface area contributed by atoms with Crippen molar-refractivity contribution in [2.45, 2.75) is 44.6 Å². The lowest BCUT2D eigenvalue weighted by molar-refractivity contribution is -0.137. The lowest BCUT2D eigenvalue weighted by Crippen LogP contribution is -2.55. The van der Waals surface area contributed by atoms with Crippen molar-refractivity contribution in [1.82, 2.24) is 10.2 Å². The van der Waals surface area contributed by atoms with Crippen LogP contribution in [0.2, 0.25) is 5.02 Å². The van der Waals surface area contributed by atoms with Crippen LogP contribution >= 0.6 is 11.6 Å². The fraction of sp³-hybridized carbons (Fsp3) is 0.478. The predicted molar refractivity (Wildman–Crippen MR) is 132 cm³/mol. The summed E-state index contributed by atoms with van der Waals surface area (Å²) in [7, 11) is 0. The second-order valence-corrected chi connectivity index (χ2v) is 9.15. The van der Waals surface area contributed by atoms with Gasteiger partial charge in [-0.2, -0.15) is 0 Å². The molecule has 1 aromatic carbocycles. The number of rotatable bonds is 10. The lowest BCUT2D eigenvalue weighted by atomic mass is 9.77. The van der Waals surface area contributed by atoms with Gasteiger partial charge in [0.2, 0.25) is 0 Å². The minimum atomic E-state index is -1.07. The number of carbonyl (C=O) groups is 2. The first-order valence-corrected chi connectivity index (χ1v) is 11.7. The van der Waals surface area contributed by atoms with E-state index in [2.05, 4.69) is 31.4 Å². The van der Waals surface area contributed by atoms with Gasteiger partial charge in [-0.25, -0.2) is 4.79 Å². The number of hydrogen-bond acceptors (Lipinski definition) is 4. The maximum Gasteiger partial charge on any atom is 0.322 e. The Bertz CT molecular complexity index is 1130. The van der Waals surface area contributed by atoms with Crippen molar-refractivity contribution in [3.63, 3.8) is 0 Å². The number of nitrogens with one attached hydrogen (secondary N) is 1. The van der Waals surface area contributed by atoms with Crippen molar-refractivity contribution in [2.24, 2.45) is 16.1 Å². The molecule has 0 saturated heterocycles. The summed E-state index contributed by atoms with van der Waals surface area (Å²) >= 11 is 6.65. The van der Waals surface area contributed by atoms with Gasteiger partial charge in [0, 0.05) is 40.7 Å². The van der Waals surface area contributed by atoms with Gasteiger partial charge < -0.3 is 15.3 Å². The molecule has 1 atom stereocenters. The molecule has 0 unspecified atom stereocenters. The Kier molecular flexibility index (Phi) is 8.65. The van der Waals surface area contributed by atoms with Crippen LogP contribution in [-0.2, 0) is 10.3 Å². The van der Waals surface area contributed by atoms with E-state index in [1.807, 2.05) is 12.1 Å². The van der Waals surface area contributed by atoms with E-state index >= 15 is 0 Å². The van der Waals surface area contributed by atoms with Crippen LogP contribution in [0, 0.1) is 5.92 Å². The van der Waals surface area contributed by atoms with Crippen LogP contribution in [0.3, 0.4) is 0 Å². The van der Waals surface area contributed by atoms with E-state index in [9.17, 15) is 9.59 Å². The molecule has 1 saturated carbocycles. The Balaban J connectivity index is 2.06. The van der Waals surface area contributed by atoms with Crippen molar-refractivity contribution in [2.75, 3.05) is 19.6 Å². The highest BCUT2D eigenvalue weighted by atomic mass is 35.5. The highest BCUT2D eigenvalue weighted by molar-refractivity contribution is 6.32. The molecule has 1 aliphatic carbocycles. The molecule has 184 valence electrons. The van der Waals surface area contributed by atoms with Gasteiger partial charge >= 0.3 is 12.0 Å². The zero-order valence-corrected chi connectivity index (χ0v) is 20.1. The third-order valence-electron chi connectivity index (χ3n) is 6.41. The van der Waals surface area contributed by atoms with Gasteiger partial charge in [0.1, 0.15) is 0 Å². The molecule has 3 rings (SSSR count). The van der Waals surface area contributed by atoms with Gasteiger partial charge in [-0.15, -0.1) is 0 Å². The van der Waals surface area contributed by atoms with E-state index in [1.54, 1.807) is 19.2 Å². The van der Waals surface area contributed by atoms with Gasteiger partial charge in [0.15, 0.2) is 0 Å². The van der Waals surface area contributed by atoms with E-state index in [1.165, 1.54) is 23.3 Å². The van der Waals surface area contributed by atoms with E-state index in [4.69, 9.17) is 27.8 Å². The number of halogens is 1. The number of amides is 2. The Morgan fingerprint density at radius 2 is 1.94 bits per heavy atom. The number of carboxylic acids is 1. The monoisotopic (exact) mass is 498 g/mol. The number of urea groups is 1. The molecule has 11 nitrogen and oxygen atoms in total. The minimum Gasteiger partial charge on any atom is -0.481 e. The minimum absolute atomic E-state index is 0.0164. The zero-order chi connectivity index (χ0) is 25.4. The molecule has 0 bridgehead atoms. The fourth-order valence-electron chi connectivity index (χ4n) is 4.52. The third-order valence-corrected chi connectivity index (χ3v) is 6.74. The Morgan fingerprint density at radius 3 is 2.51 bits per heavy atom. The molecule has 0 aromatic heterocycles. The summed E-state index contributed by atoms with van der Waals surface area (Å²) < 4.78 is 0. The van der Waals surface area contributed by atoms with E-state index in [0.717, 1.165) is 18.4 Å². The summed E-state index contributed by atoms with van der Waals surface area (Å²) in [5, 5.41) is 19.9. The van der Waals surface area contributed by atoms with E-state index < -0.39 is 23.5 Å². The molecule has 0 spiro atoms. The second-order valence-electron chi connectivity index (χ2n) is 8.75. The molecule has 0 radical (unpaired) electrons. The van der Waals surface area contributed by atoms with Gasteiger partial charge in [-0.1, -0.05) is 45.6 Å². The van der Waals surface area contributed by atoms with Gasteiger partial charge in [-0.3, -0.25) is 4.79 Å². The van der Waals surface area contributed by atoms with Crippen molar-refractivity contribution >= 4 is 29.7 Å². The van der Waals surface area contributed by atoms with E-state index in [-0.39, 0.29) is 26.1 Å². The van der Waals surface area contributed by atoms with Gasteiger partial charge in [-0.05, 0) is 72.4 Å². The number of azide groups is 2. The summed E-state index contributed by atoms with van der Waals surface area (Å²) in [6, 6.07) is 5.11. The summed E-state index contributed by atoms with van der Waals surface area (Å²) in [6.07, 6.45) is 7.90.